The van der Waals surface area contributed by atoms with Gasteiger partial charge in [-0.25, -0.2) is 0 Å². The molecule has 0 saturated heterocycles. The Balaban J connectivity index is 1.35. The SMILES string of the molecule is CC1=Nc2cc3c(cc2NCCN(C2CCC2)CC1)CCN(C(=O)c1ccc(C#N)cc1)C3. The quantitative estimate of drug-likeness (QED) is 0.744. The maximum absolute atomic E-state index is 13.0. The number of aliphatic imine (C=N–C) groups is 1. The molecule has 0 aromatic heterocycles. The minimum atomic E-state index is 0.0130. The largest absolute Gasteiger partial charge is 0.382 e. The molecule has 1 amide bonds. The lowest BCUT2D eigenvalue weighted by atomic mass is 9.91. The van der Waals surface area contributed by atoms with Crippen LogP contribution in [0.25, 0.3) is 0 Å². The molecule has 0 unspecified atom stereocenters. The molecule has 1 aliphatic carbocycles. The van der Waals surface area contributed by atoms with Crippen molar-refractivity contribution >= 4 is 23.0 Å². The third-order valence-corrected chi connectivity index (χ3v) is 7.26. The molecule has 170 valence electrons. The Morgan fingerprint density at radius 1 is 1.09 bits per heavy atom. The Labute approximate surface area is 195 Å². The Morgan fingerprint density at radius 3 is 2.64 bits per heavy atom. The monoisotopic (exact) mass is 441 g/mol. The van der Waals surface area contributed by atoms with Gasteiger partial charge in [0.15, 0.2) is 0 Å². The summed E-state index contributed by atoms with van der Waals surface area (Å²) in [5.41, 5.74) is 6.91. The maximum atomic E-state index is 13.0. The van der Waals surface area contributed by atoms with Crippen molar-refractivity contribution in [2.24, 2.45) is 4.99 Å². The zero-order chi connectivity index (χ0) is 22.8. The van der Waals surface area contributed by atoms with Gasteiger partial charge in [0.25, 0.3) is 5.91 Å². The summed E-state index contributed by atoms with van der Waals surface area (Å²) in [6, 6.07) is 14.2. The number of nitriles is 1. The fraction of sp³-hybridized carbons (Fsp3) is 0.444. The molecule has 5 rings (SSSR count). The Hall–Kier alpha value is -3.17. The first-order chi connectivity index (χ1) is 16.1. The number of fused-ring (bicyclic) bond motifs is 2. The van der Waals surface area contributed by atoms with Crippen molar-refractivity contribution < 1.29 is 4.79 Å². The molecular weight excluding hydrogens is 410 g/mol. The van der Waals surface area contributed by atoms with Crippen LogP contribution in [0, 0.1) is 11.3 Å². The smallest absolute Gasteiger partial charge is 0.254 e. The minimum absolute atomic E-state index is 0.0130. The molecule has 33 heavy (non-hydrogen) atoms. The lowest BCUT2D eigenvalue weighted by molar-refractivity contribution is 0.0735. The molecule has 6 nitrogen and oxygen atoms in total. The molecule has 2 aliphatic heterocycles. The van der Waals surface area contributed by atoms with Gasteiger partial charge in [0.2, 0.25) is 0 Å². The highest BCUT2D eigenvalue weighted by atomic mass is 16.2. The number of nitrogens with one attached hydrogen (secondary N) is 1. The van der Waals surface area contributed by atoms with Crippen molar-refractivity contribution in [3.63, 3.8) is 0 Å². The van der Waals surface area contributed by atoms with Gasteiger partial charge in [-0.1, -0.05) is 6.42 Å². The van der Waals surface area contributed by atoms with Gasteiger partial charge in [-0.15, -0.1) is 0 Å². The van der Waals surface area contributed by atoms with Crippen molar-refractivity contribution in [1.29, 1.82) is 5.26 Å². The predicted octanol–water partition coefficient (Wildman–Crippen LogP) is 4.52. The van der Waals surface area contributed by atoms with E-state index in [1.54, 1.807) is 24.3 Å². The van der Waals surface area contributed by atoms with E-state index in [-0.39, 0.29) is 5.91 Å². The van der Waals surface area contributed by atoms with Crippen molar-refractivity contribution in [2.75, 3.05) is 31.5 Å². The molecule has 2 aromatic carbocycles. The van der Waals surface area contributed by atoms with Crippen LogP contribution >= 0.6 is 0 Å². The summed E-state index contributed by atoms with van der Waals surface area (Å²) in [7, 11) is 0. The molecular formula is C27H31N5O. The van der Waals surface area contributed by atoms with Gasteiger partial charge in [0, 0.05) is 50.0 Å². The van der Waals surface area contributed by atoms with Crippen molar-refractivity contribution in [2.45, 2.75) is 51.6 Å². The first-order valence-corrected chi connectivity index (χ1v) is 12.1. The van der Waals surface area contributed by atoms with Gasteiger partial charge in [-0.3, -0.25) is 14.7 Å². The van der Waals surface area contributed by atoms with Gasteiger partial charge in [0.1, 0.15) is 0 Å². The van der Waals surface area contributed by atoms with E-state index < -0.39 is 0 Å². The van der Waals surface area contributed by atoms with Crippen molar-refractivity contribution in [3.8, 4) is 6.07 Å². The average Bonchev–Trinajstić information content (AvgIpc) is 2.80. The average molecular weight is 442 g/mol. The first-order valence-electron chi connectivity index (χ1n) is 12.1. The van der Waals surface area contributed by atoms with E-state index in [1.165, 1.54) is 30.4 Å². The van der Waals surface area contributed by atoms with Gasteiger partial charge in [-0.05, 0) is 80.1 Å². The van der Waals surface area contributed by atoms with Crippen LogP contribution in [0.3, 0.4) is 0 Å². The van der Waals surface area contributed by atoms with Crippen LogP contribution in [-0.2, 0) is 13.0 Å². The normalized spacial score (nSPS) is 19.3. The maximum Gasteiger partial charge on any atom is 0.254 e. The van der Waals surface area contributed by atoms with Crippen LogP contribution < -0.4 is 5.32 Å². The summed E-state index contributed by atoms with van der Waals surface area (Å²) < 4.78 is 0. The lowest BCUT2D eigenvalue weighted by Gasteiger charge is -2.38. The minimum Gasteiger partial charge on any atom is -0.382 e. The summed E-state index contributed by atoms with van der Waals surface area (Å²) in [6.07, 6.45) is 5.86. The first kappa shape index (κ1) is 21.7. The number of amides is 1. The highest BCUT2D eigenvalue weighted by molar-refractivity contribution is 5.94. The van der Waals surface area contributed by atoms with E-state index in [0.29, 0.717) is 24.2 Å². The van der Waals surface area contributed by atoms with E-state index in [9.17, 15) is 4.79 Å². The third-order valence-electron chi connectivity index (χ3n) is 7.26. The summed E-state index contributed by atoms with van der Waals surface area (Å²) in [6.45, 7) is 6.49. The van der Waals surface area contributed by atoms with E-state index in [1.807, 2.05) is 4.90 Å². The standard InChI is InChI=1S/C27H31N5O/c1-19-9-12-31(24-3-2-4-24)14-11-29-25-15-22-10-13-32(18-23(22)16-26(25)30-19)27(33)21-7-5-20(17-28)6-8-21/h5-8,15-16,24,29H,2-4,9-14,18H2,1H3. The number of nitrogens with zero attached hydrogens (tertiary/aromatic N) is 4. The molecule has 0 radical (unpaired) electrons. The third kappa shape index (κ3) is 4.65. The number of carbonyl (C=O) groups excluding carboxylic acids is 1. The molecule has 1 fully saturated rings. The van der Waals surface area contributed by atoms with Gasteiger partial charge >= 0.3 is 0 Å². The van der Waals surface area contributed by atoms with Crippen LogP contribution in [0.4, 0.5) is 11.4 Å². The molecule has 1 saturated carbocycles. The second-order valence-corrected chi connectivity index (χ2v) is 9.45. The van der Waals surface area contributed by atoms with Crippen LogP contribution in [0.15, 0.2) is 41.4 Å². The number of benzene rings is 2. The second-order valence-electron chi connectivity index (χ2n) is 9.45. The highest BCUT2D eigenvalue weighted by Crippen LogP contribution is 2.34. The summed E-state index contributed by atoms with van der Waals surface area (Å²) in [5, 5.41) is 12.7. The van der Waals surface area contributed by atoms with E-state index in [2.05, 4.69) is 35.3 Å². The van der Waals surface area contributed by atoms with Crippen LogP contribution in [0.2, 0.25) is 0 Å². The summed E-state index contributed by atoms with van der Waals surface area (Å²) in [5.74, 6) is 0.0130. The summed E-state index contributed by atoms with van der Waals surface area (Å²) in [4.78, 5) is 22.6. The van der Waals surface area contributed by atoms with Crippen molar-refractivity contribution in [3.05, 3.63) is 58.7 Å². The molecule has 2 heterocycles. The van der Waals surface area contributed by atoms with Crippen LogP contribution in [0.1, 0.15) is 59.7 Å². The Bertz CT molecular complexity index is 1110. The number of anilines is 1. The topological polar surface area (TPSA) is 71.7 Å². The number of hydrogen-bond donors (Lipinski definition) is 1. The summed E-state index contributed by atoms with van der Waals surface area (Å²) >= 11 is 0. The Morgan fingerprint density at radius 2 is 1.91 bits per heavy atom. The van der Waals surface area contributed by atoms with E-state index in [4.69, 9.17) is 10.3 Å². The van der Waals surface area contributed by atoms with Gasteiger partial charge in [0.05, 0.1) is 23.0 Å². The molecule has 6 heteroatoms. The van der Waals surface area contributed by atoms with Crippen LogP contribution in [0.5, 0.6) is 0 Å². The second kappa shape index (κ2) is 9.36. The van der Waals surface area contributed by atoms with E-state index in [0.717, 1.165) is 55.6 Å². The molecule has 0 bridgehead atoms. The molecule has 3 aliphatic rings. The number of carbonyl (C=O) groups is 1. The van der Waals surface area contributed by atoms with Gasteiger partial charge < -0.3 is 10.2 Å². The van der Waals surface area contributed by atoms with E-state index >= 15 is 0 Å². The highest BCUT2D eigenvalue weighted by Gasteiger charge is 2.26. The fourth-order valence-electron chi connectivity index (χ4n) is 5.00. The lowest BCUT2D eigenvalue weighted by Crippen LogP contribution is -2.43. The van der Waals surface area contributed by atoms with Gasteiger partial charge in [-0.2, -0.15) is 5.26 Å². The molecule has 1 N–H and O–H groups in total. The van der Waals surface area contributed by atoms with Crippen molar-refractivity contribution in [1.82, 2.24) is 9.80 Å². The zero-order valence-electron chi connectivity index (χ0n) is 19.3. The molecule has 0 spiro atoms. The predicted molar refractivity (Wildman–Crippen MR) is 131 cm³/mol. The molecule has 0 atom stereocenters. The fourth-order valence-corrected chi connectivity index (χ4v) is 5.00. The number of rotatable bonds is 2. The molecule has 2 aromatic rings. The Kier molecular flexibility index (Phi) is 6.15. The number of hydrogen-bond acceptors (Lipinski definition) is 5. The van der Waals surface area contributed by atoms with Crippen LogP contribution in [-0.4, -0.2) is 53.6 Å². The zero-order valence-corrected chi connectivity index (χ0v) is 19.3.